The standard InChI is InChI=1S/C11H13NO3S/c1-8-10(13)11(16(14,15)12(8)2)9-6-4-3-5-7-9/h3-8,11H,1-2H3. The monoisotopic (exact) mass is 239 g/mol. The van der Waals surface area contributed by atoms with Crippen LogP contribution in [0.1, 0.15) is 17.7 Å². The van der Waals surface area contributed by atoms with Crippen LogP contribution in [0, 0.1) is 0 Å². The molecule has 16 heavy (non-hydrogen) atoms. The van der Waals surface area contributed by atoms with Gasteiger partial charge in [-0.05, 0) is 12.5 Å². The summed E-state index contributed by atoms with van der Waals surface area (Å²) in [5.74, 6) is -0.256. The molecule has 0 spiro atoms. The van der Waals surface area contributed by atoms with Crippen LogP contribution in [0.5, 0.6) is 0 Å². The Morgan fingerprint density at radius 2 is 1.75 bits per heavy atom. The number of ketones is 1. The Morgan fingerprint density at radius 3 is 2.19 bits per heavy atom. The lowest BCUT2D eigenvalue weighted by atomic mass is 10.0. The molecule has 2 atom stereocenters. The number of likely N-dealkylation sites (N-methyl/N-ethyl adjacent to an activating group) is 1. The smallest absolute Gasteiger partial charge is 0.228 e. The van der Waals surface area contributed by atoms with Crippen LogP contribution < -0.4 is 0 Å². The van der Waals surface area contributed by atoms with E-state index in [1.54, 1.807) is 37.3 Å². The van der Waals surface area contributed by atoms with Crippen molar-refractivity contribution < 1.29 is 13.2 Å². The second-order valence-electron chi connectivity index (χ2n) is 3.93. The molecule has 1 aliphatic heterocycles. The predicted molar refractivity (Wildman–Crippen MR) is 60.3 cm³/mol. The summed E-state index contributed by atoms with van der Waals surface area (Å²) < 4.78 is 25.2. The van der Waals surface area contributed by atoms with Crippen molar-refractivity contribution in [1.82, 2.24) is 4.31 Å². The highest BCUT2D eigenvalue weighted by molar-refractivity contribution is 7.90. The third kappa shape index (κ3) is 1.47. The molecule has 86 valence electrons. The molecule has 0 aliphatic carbocycles. The lowest BCUT2D eigenvalue weighted by molar-refractivity contribution is -0.120. The maximum Gasteiger partial charge on any atom is 0.228 e. The lowest BCUT2D eigenvalue weighted by Gasteiger charge is -2.12. The first-order chi connectivity index (χ1) is 7.46. The number of hydrogen-bond donors (Lipinski definition) is 0. The Balaban J connectivity index is 2.54. The molecule has 2 unspecified atom stereocenters. The molecule has 1 aliphatic rings. The average Bonchev–Trinajstić information content (AvgIpc) is 2.41. The molecule has 1 aromatic carbocycles. The summed E-state index contributed by atoms with van der Waals surface area (Å²) in [5.41, 5.74) is 0.545. The number of benzene rings is 1. The van der Waals surface area contributed by atoms with E-state index >= 15 is 0 Å². The first kappa shape index (κ1) is 11.3. The Hall–Kier alpha value is -1.20. The third-order valence-electron chi connectivity index (χ3n) is 3.02. The fourth-order valence-corrected chi connectivity index (χ4v) is 3.76. The fourth-order valence-electron chi connectivity index (χ4n) is 1.90. The van der Waals surface area contributed by atoms with Gasteiger partial charge in [0, 0.05) is 7.05 Å². The maximum atomic E-state index is 12.0. The third-order valence-corrected chi connectivity index (χ3v) is 5.24. The SMILES string of the molecule is CC1C(=O)C(c2ccccc2)S(=O)(=O)N1C. The van der Waals surface area contributed by atoms with Crippen LogP contribution in [-0.4, -0.2) is 31.6 Å². The largest absolute Gasteiger partial charge is 0.296 e. The van der Waals surface area contributed by atoms with Gasteiger partial charge in [-0.15, -0.1) is 0 Å². The summed E-state index contributed by atoms with van der Waals surface area (Å²) in [6, 6.07) is 8.04. The molecular formula is C11H13NO3S. The van der Waals surface area contributed by atoms with Gasteiger partial charge in [-0.3, -0.25) is 4.79 Å². The Kier molecular flexibility index (Phi) is 2.59. The number of carbonyl (C=O) groups is 1. The van der Waals surface area contributed by atoms with E-state index in [1.807, 2.05) is 0 Å². The van der Waals surface area contributed by atoms with Crippen LogP contribution in [0.4, 0.5) is 0 Å². The molecule has 5 heteroatoms. The summed E-state index contributed by atoms with van der Waals surface area (Å²) in [7, 11) is -2.09. The maximum absolute atomic E-state index is 12.0. The van der Waals surface area contributed by atoms with Gasteiger partial charge in [0.25, 0.3) is 0 Å². The van der Waals surface area contributed by atoms with Gasteiger partial charge < -0.3 is 0 Å². The molecule has 1 heterocycles. The van der Waals surface area contributed by atoms with E-state index < -0.39 is 21.3 Å². The molecule has 1 aromatic rings. The number of sulfonamides is 1. The Bertz CT molecular complexity index is 509. The van der Waals surface area contributed by atoms with Gasteiger partial charge in [0.1, 0.15) is 0 Å². The molecule has 4 nitrogen and oxygen atoms in total. The molecular weight excluding hydrogens is 226 g/mol. The quantitative estimate of drug-likeness (QED) is 0.733. The molecule has 0 N–H and O–H groups in total. The summed E-state index contributed by atoms with van der Waals surface area (Å²) in [5, 5.41) is -1.03. The van der Waals surface area contributed by atoms with E-state index in [0.29, 0.717) is 5.56 Å². The van der Waals surface area contributed by atoms with Crippen molar-refractivity contribution in [1.29, 1.82) is 0 Å². The molecule has 1 saturated heterocycles. The van der Waals surface area contributed by atoms with Crippen molar-refractivity contribution in [2.24, 2.45) is 0 Å². The number of rotatable bonds is 1. The van der Waals surface area contributed by atoms with Crippen LogP contribution in [0.3, 0.4) is 0 Å². The normalized spacial score (nSPS) is 29.5. The van der Waals surface area contributed by atoms with Crippen molar-refractivity contribution in [3.63, 3.8) is 0 Å². The van der Waals surface area contributed by atoms with Gasteiger partial charge >= 0.3 is 0 Å². The zero-order valence-corrected chi connectivity index (χ0v) is 9.94. The summed E-state index contributed by atoms with van der Waals surface area (Å²) in [4.78, 5) is 11.9. The Morgan fingerprint density at radius 1 is 1.19 bits per heavy atom. The molecule has 0 amide bonds. The predicted octanol–water partition coefficient (Wildman–Crippen LogP) is 0.961. The first-order valence-electron chi connectivity index (χ1n) is 5.02. The number of carbonyl (C=O) groups excluding carboxylic acids is 1. The van der Waals surface area contributed by atoms with Crippen LogP contribution in [0.25, 0.3) is 0 Å². The topological polar surface area (TPSA) is 54.5 Å². The summed E-state index contributed by atoms with van der Waals surface area (Å²) in [6.07, 6.45) is 0. The minimum Gasteiger partial charge on any atom is -0.296 e. The van der Waals surface area contributed by atoms with Crippen molar-refractivity contribution in [2.75, 3.05) is 7.05 Å². The second-order valence-corrected chi connectivity index (χ2v) is 6.01. The number of hydrogen-bond acceptors (Lipinski definition) is 3. The van der Waals surface area contributed by atoms with Crippen molar-refractivity contribution >= 4 is 15.8 Å². The Labute approximate surface area is 94.9 Å². The lowest BCUT2D eigenvalue weighted by Crippen LogP contribution is -2.28. The van der Waals surface area contributed by atoms with E-state index in [4.69, 9.17) is 0 Å². The zero-order valence-electron chi connectivity index (χ0n) is 9.12. The average molecular weight is 239 g/mol. The highest BCUT2D eigenvalue weighted by Crippen LogP contribution is 2.34. The van der Waals surface area contributed by atoms with Crippen LogP contribution in [0.15, 0.2) is 30.3 Å². The molecule has 2 rings (SSSR count). The van der Waals surface area contributed by atoms with Crippen LogP contribution >= 0.6 is 0 Å². The van der Waals surface area contributed by atoms with Crippen molar-refractivity contribution in [3.8, 4) is 0 Å². The zero-order chi connectivity index (χ0) is 11.9. The molecule has 0 aromatic heterocycles. The molecule has 0 radical (unpaired) electrons. The van der Waals surface area contributed by atoms with Gasteiger partial charge in [0.05, 0.1) is 6.04 Å². The van der Waals surface area contributed by atoms with E-state index in [1.165, 1.54) is 7.05 Å². The molecule has 0 bridgehead atoms. The molecule has 1 fully saturated rings. The summed E-state index contributed by atoms with van der Waals surface area (Å²) >= 11 is 0. The summed E-state index contributed by atoms with van der Waals surface area (Å²) in [6.45, 7) is 1.61. The van der Waals surface area contributed by atoms with Crippen molar-refractivity contribution in [3.05, 3.63) is 35.9 Å². The first-order valence-corrected chi connectivity index (χ1v) is 6.52. The molecule has 0 saturated carbocycles. The van der Waals surface area contributed by atoms with Crippen LogP contribution in [-0.2, 0) is 14.8 Å². The number of Topliss-reactive ketones (excluding diaryl/α,β-unsaturated/α-hetero) is 1. The van der Waals surface area contributed by atoms with Gasteiger partial charge in [-0.25, -0.2) is 8.42 Å². The van der Waals surface area contributed by atoms with Gasteiger partial charge in [-0.2, -0.15) is 4.31 Å². The fraction of sp³-hybridized carbons (Fsp3) is 0.364. The van der Waals surface area contributed by atoms with Gasteiger partial charge in [0.15, 0.2) is 11.0 Å². The highest BCUT2D eigenvalue weighted by Gasteiger charge is 2.49. The van der Waals surface area contributed by atoms with E-state index in [9.17, 15) is 13.2 Å². The van der Waals surface area contributed by atoms with E-state index in [-0.39, 0.29) is 5.78 Å². The number of nitrogens with zero attached hydrogens (tertiary/aromatic N) is 1. The van der Waals surface area contributed by atoms with Gasteiger partial charge in [-0.1, -0.05) is 30.3 Å². The highest BCUT2D eigenvalue weighted by atomic mass is 32.2. The minimum atomic E-state index is -3.53. The minimum absolute atomic E-state index is 0.256. The van der Waals surface area contributed by atoms with E-state index in [0.717, 1.165) is 4.31 Å². The van der Waals surface area contributed by atoms with E-state index in [2.05, 4.69) is 0 Å². The second kappa shape index (κ2) is 3.68. The van der Waals surface area contributed by atoms with Crippen molar-refractivity contribution in [2.45, 2.75) is 18.2 Å². The van der Waals surface area contributed by atoms with Gasteiger partial charge in [0.2, 0.25) is 10.0 Å². The van der Waals surface area contributed by atoms with Crippen LogP contribution in [0.2, 0.25) is 0 Å².